The van der Waals surface area contributed by atoms with Gasteiger partial charge in [-0.15, -0.1) is 0 Å². The van der Waals surface area contributed by atoms with E-state index in [0.29, 0.717) is 25.9 Å². The van der Waals surface area contributed by atoms with Crippen molar-refractivity contribution in [3.8, 4) is 0 Å². The molecule has 0 unspecified atom stereocenters. The molecule has 0 saturated carbocycles. The Morgan fingerprint density at radius 3 is 2.40 bits per heavy atom. The van der Waals surface area contributed by atoms with Gasteiger partial charge >= 0.3 is 0 Å². The van der Waals surface area contributed by atoms with E-state index < -0.39 is 9.84 Å². The summed E-state index contributed by atoms with van der Waals surface area (Å²) < 4.78 is 22.7. The quantitative estimate of drug-likeness (QED) is 0.564. The zero-order valence-corrected chi connectivity index (χ0v) is 10.1. The van der Waals surface area contributed by atoms with Crippen molar-refractivity contribution in [2.75, 3.05) is 18.8 Å². The van der Waals surface area contributed by atoms with E-state index in [0.717, 1.165) is 0 Å². The molecule has 1 amide bonds. The van der Waals surface area contributed by atoms with E-state index in [4.69, 9.17) is 5.73 Å². The molecular formula is C9H20N2O3S. The Hall–Kier alpha value is -0.620. The summed E-state index contributed by atoms with van der Waals surface area (Å²) >= 11 is 0. The summed E-state index contributed by atoms with van der Waals surface area (Å²) in [6.45, 7) is 4.39. The smallest absolute Gasteiger partial charge is 0.217 e. The first-order chi connectivity index (χ1) is 6.86. The minimum Gasteiger partial charge on any atom is -0.370 e. The lowest BCUT2D eigenvalue weighted by atomic mass is 10.3. The number of hydrogen-bond acceptors (Lipinski definition) is 4. The number of carbonyl (C=O) groups is 1. The summed E-state index contributed by atoms with van der Waals surface area (Å²) in [6.07, 6.45) is 0.987. The molecule has 0 aliphatic rings. The molecule has 0 aromatic rings. The molecule has 0 radical (unpaired) electrons. The maximum absolute atomic E-state index is 11.4. The summed E-state index contributed by atoms with van der Waals surface area (Å²) in [5, 5.41) is 2.64. The SMILES string of the molecule is CC(C)S(=O)(=O)CCNCCCC(N)=O. The highest BCUT2D eigenvalue weighted by molar-refractivity contribution is 7.92. The molecule has 0 fully saturated rings. The van der Waals surface area contributed by atoms with Crippen molar-refractivity contribution < 1.29 is 13.2 Å². The molecule has 6 heteroatoms. The first kappa shape index (κ1) is 14.4. The monoisotopic (exact) mass is 236 g/mol. The lowest BCUT2D eigenvalue weighted by Crippen LogP contribution is -2.28. The van der Waals surface area contributed by atoms with Crippen molar-refractivity contribution in [3.63, 3.8) is 0 Å². The molecule has 3 N–H and O–H groups in total. The van der Waals surface area contributed by atoms with Crippen LogP contribution in [0.1, 0.15) is 26.7 Å². The second-order valence-electron chi connectivity index (χ2n) is 3.74. The van der Waals surface area contributed by atoms with Crippen molar-refractivity contribution in [2.24, 2.45) is 5.73 Å². The van der Waals surface area contributed by atoms with Gasteiger partial charge in [0.1, 0.15) is 0 Å². The van der Waals surface area contributed by atoms with E-state index in [1.807, 2.05) is 0 Å². The predicted molar refractivity (Wildman–Crippen MR) is 60.2 cm³/mol. The number of rotatable bonds is 8. The van der Waals surface area contributed by atoms with Gasteiger partial charge in [-0.25, -0.2) is 8.42 Å². The summed E-state index contributed by atoms with van der Waals surface area (Å²) in [6, 6.07) is 0. The van der Waals surface area contributed by atoms with Crippen molar-refractivity contribution in [3.05, 3.63) is 0 Å². The molecule has 0 bridgehead atoms. The maximum Gasteiger partial charge on any atom is 0.217 e. The van der Waals surface area contributed by atoms with Crippen LogP contribution in [0, 0.1) is 0 Å². The molecule has 0 aromatic heterocycles. The van der Waals surface area contributed by atoms with Crippen molar-refractivity contribution in [1.29, 1.82) is 0 Å². The number of nitrogens with two attached hydrogens (primary N) is 1. The molecule has 0 aliphatic heterocycles. The van der Waals surface area contributed by atoms with Gasteiger partial charge < -0.3 is 11.1 Å². The molecular weight excluding hydrogens is 216 g/mol. The summed E-state index contributed by atoms with van der Waals surface area (Å²) in [7, 11) is -2.96. The third-order valence-corrected chi connectivity index (χ3v) is 4.27. The Labute approximate surface area is 91.3 Å². The average molecular weight is 236 g/mol. The fourth-order valence-electron chi connectivity index (χ4n) is 0.963. The van der Waals surface area contributed by atoms with Gasteiger partial charge in [-0.1, -0.05) is 0 Å². The topological polar surface area (TPSA) is 89.3 Å². The minimum atomic E-state index is -2.96. The van der Waals surface area contributed by atoms with E-state index in [1.54, 1.807) is 13.8 Å². The van der Waals surface area contributed by atoms with Crippen LogP contribution < -0.4 is 11.1 Å². The Kier molecular flexibility index (Phi) is 6.51. The first-order valence-electron chi connectivity index (χ1n) is 5.07. The molecule has 0 rings (SSSR count). The fraction of sp³-hybridized carbons (Fsp3) is 0.889. The number of nitrogens with one attached hydrogen (secondary N) is 1. The summed E-state index contributed by atoms with van der Waals surface area (Å²) in [4.78, 5) is 10.4. The van der Waals surface area contributed by atoms with Crippen LogP contribution in [0.5, 0.6) is 0 Å². The van der Waals surface area contributed by atoms with E-state index in [9.17, 15) is 13.2 Å². The van der Waals surface area contributed by atoms with Crippen LogP contribution in [0.2, 0.25) is 0 Å². The zero-order chi connectivity index (χ0) is 11.9. The number of carbonyl (C=O) groups excluding carboxylic acids is 1. The van der Waals surface area contributed by atoms with E-state index in [1.165, 1.54) is 0 Å². The minimum absolute atomic E-state index is 0.140. The number of amides is 1. The lowest BCUT2D eigenvalue weighted by molar-refractivity contribution is -0.118. The van der Waals surface area contributed by atoms with Gasteiger partial charge in [-0.3, -0.25) is 4.79 Å². The number of primary amides is 1. The molecule has 0 aliphatic carbocycles. The van der Waals surface area contributed by atoms with Gasteiger partial charge in [0.25, 0.3) is 0 Å². The molecule has 90 valence electrons. The van der Waals surface area contributed by atoms with Gasteiger partial charge in [-0.2, -0.15) is 0 Å². The third-order valence-electron chi connectivity index (χ3n) is 2.06. The molecule has 5 nitrogen and oxygen atoms in total. The normalized spacial score (nSPS) is 11.9. The van der Waals surface area contributed by atoms with Crippen LogP contribution in [0.25, 0.3) is 0 Å². The first-order valence-corrected chi connectivity index (χ1v) is 6.78. The van der Waals surface area contributed by atoms with Gasteiger partial charge in [0.15, 0.2) is 9.84 Å². The highest BCUT2D eigenvalue weighted by atomic mass is 32.2. The lowest BCUT2D eigenvalue weighted by Gasteiger charge is -2.08. The molecule has 0 spiro atoms. The third kappa shape index (κ3) is 7.33. The Bertz CT molecular complexity index is 286. The van der Waals surface area contributed by atoms with Gasteiger partial charge in [-0.05, 0) is 26.8 Å². The molecule has 0 aromatic carbocycles. The fourth-order valence-corrected chi connectivity index (χ4v) is 1.86. The second-order valence-corrected chi connectivity index (χ2v) is 6.41. The number of sulfone groups is 1. The summed E-state index contributed by atoms with van der Waals surface area (Å²) in [5.41, 5.74) is 4.95. The highest BCUT2D eigenvalue weighted by Crippen LogP contribution is 1.98. The van der Waals surface area contributed by atoms with Crippen molar-refractivity contribution in [2.45, 2.75) is 31.9 Å². The largest absolute Gasteiger partial charge is 0.370 e. The van der Waals surface area contributed by atoms with Crippen LogP contribution in [0.4, 0.5) is 0 Å². The zero-order valence-electron chi connectivity index (χ0n) is 9.32. The summed E-state index contributed by atoms with van der Waals surface area (Å²) in [5.74, 6) is -0.187. The maximum atomic E-state index is 11.4. The highest BCUT2D eigenvalue weighted by Gasteiger charge is 2.14. The Balaban J connectivity index is 3.51. The van der Waals surface area contributed by atoms with Crippen molar-refractivity contribution >= 4 is 15.7 Å². The van der Waals surface area contributed by atoms with Gasteiger partial charge in [0.05, 0.1) is 11.0 Å². The van der Waals surface area contributed by atoms with E-state index in [-0.39, 0.29) is 16.9 Å². The Morgan fingerprint density at radius 2 is 1.93 bits per heavy atom. The number of hydrogen-bond donors (Lipinski definition) is 2. The van der Waals surface area contributed by atoms with Crippen LogP contribution in [-0.2, 0) is 14.6 Å². The van der Waals surface area contributed by atoms with Gasteiger partial charge in [0.2, 0.25) is 5.91 Å². The van der Waals surface area contributed by atoms with Crippen LogP contribution >= 0.6 is 0 Å². The van der Waals surface area contributed by atoms with Gasteiger partial charge in [0, 0.05) is 13.0 Å². The predicted octanol–water partition coefficient (Wildman–Crippen LogP) is -0.335. The van der Waals surface area contributed by atoms with E-state index >= 15 is 0 Å². The van der Waals surface area contributed by atoms with Crippen LogP contribution in [-0.4, -0.2) is 38.4 Å². The van der Waals surface area contributed by atoms with Crippen LogP contribution in [0.3, 0.4) is 0 Å². The van der Waals surface area contributed by atoms with E-state index in [2.05, 4.69) is 5.32 Å². The molecule has 0 saturated heterocycles. The van der Waals surface area contributed by atoms with Crippen LogP contribution in [0.15, 0.2) is 0 Å². The molecule has 15 heavy (non-hydrogen) atoms. The standard InChI is InChI=1S/C9H20N2O3S/c1-8(2)15(13,14)7-6-11-5-3-4-9(10)12/h8,11H,3-7H2,1-2H3,(H2,10,12). The van der Waals surface area contributed by atoms with Crippen molar-refractivity contribution in [1.82, 2.24) is 5.32 Å². The molecule has 0 atom stereocenters. The molecule has 0 heterocycles. The second kappa shape index (κ2) is 6.79. The average Bonchev–Trinajstić information content (AvgIpc) is 2.10. The Morgan fingerprint density at radius 1 is 1.33 bits per heavy atom.